The van der Waals surface area contributed by atoms with Crippen LogP contribution in [0.5, 0.6) is 0 Å². The summed E-state index contributed by atoms with van der Waals surface area (Å²) in [6, 6.07) is 8.91. The fraction of sp³-hybridized carbons (Fsp3) is 0.500. The molecule has 2 atom stereocenters. The lowest BCUT2D eigenvalue weighted by atomic mass is 10.0. The third-order valence-corrected chi connectivity index (χ3v) is 5.73. The van der Waals surface area contributed by atoms with Gasteiger partial charge >= 0.3 is 0 Å². The van der Waals surface area contributed by atoms with Gasteiger partial charge in [-0.05, 0) is 43.3 Å². The number of carbonyl (C=O) groups is 2. The summed E-state index contributed by atoms with van der Waals surface area (Å²) in [6.07, 6.45) is 5.02. The fourth-order valence-corrected chi connectivity index (χ4v) is 4.01. The number of rotatable bonds is 7. The van der Waals surface area contributed by atoms with E-state index < -0.39 is 6.04 Å². The normalized spacial score (nSPS) is 16.7. The van der Waals surface area contributed by atoms with Crippen molar-refractivity contribution in [1.29, 1.82) is 0 Å². The van der Waals surface area contributed by atoms with Gasteiger partial charge in [-0.1, -0.05) is 54.6 Å². The molecule has 1 saturated carbocycles. The van der Waals surface area contributed by atoms with Crippen LogP contribution >= 0.6 is 11.5 Å². The highest BCUT2D eigenvalue weighted by atomic mass is 32.1. The van der Waals surface area contributed by atoms with Gasteiger partial charge in [0.25, 0.3) is 5.91 Å². The Balaban J connectivity index is 1.96. The molecule has 0 unspecified atom stereocenters. The van der Waals surface area contributed by atoms with Crippen LogP contribution in [-0.2, 0) is 4.79 Å². The van der Waals surface area contributed by atoms with E-state index in [1.807, 2.05) is 44.2 Å². The highest BCUT2D eigenvalue weighted by Gasteiger charge is 2.36. The van der Waals surface area contributed by atoms with Crippen LogP contribution in [0.15, 0.2) is 35.7 Å². The van der Waals surface area contributed by atoms with Crippen molar-refractivity contribution < 1.29 is 9.59 Å². The molecule has 2 amide bonds. The van der Waals surface area contributed by atoms with Crippen LogP contribution in [0.2, 0.25) is 0 Å². The molecule has 6 nitrogen and oxygen atoms in total. The molecule has 3 rings (SSSR count). The summed E-state index contributed by atoms with van der Waals surface area (Å²) in [7, 11) is 0. The number of amides is 2. The van der Waals surface area contributed by atoms with Crippen molar-refractivity contribution in [2.24, 2.45) is 0 Å². The van der Waals surface area contributed by atoms with Crippen molar-refractivity contribution >= 4 is 23.3 Å². The van der Waals surface area contributed by atoms with Crippen LogP contribution < -0.4 is 5.32 Å². The Kier molecular flexibility index (Phi) is 6.55. The third-order valence-electron chi connectivity index (χ3n) is 5.22. The zero-order chi connectivity index (χ0) is 19.2. The molecule has 1 N–H and O–H groups in total. The summed E-state index contributed by atoms with van der Waals surface area (Å²) in [6.45, 7) is 3.98. The number of aromatic nitrogens is 2. The van der Waals surface area contributed by atoms with Gasteiger partial charge < -0.3 is 10.2 Å². The molecular formula is C20H26N4O2S. The predicted octanol–water partition coefficient (Wildman–Crippen LogP) is 3.58. The fourth-order valence-electron chi connectivity index (χ4n) is 3.58. The monoisotopic (exact) mass is 386 g/mol. The van der Waals surface area contributed by atoms with E-state index in [0.29, 0.717) is 0 Å². The van der Waals surface area contributed by atoms with Gasteiger partial charge in [0, 0.05) is 17.5 Å². The second kappa shape index (κ2) is 9.08. The molecule has 1 aromatic heterocycles. The number of nitrogens with one attached hydrogen (secondary N) is 1. The standard InChI is InChI=1S/C20H26N4O2S/c1-3-14(2)24(20(26)17-13-27-23-22-17)18(15-9-5-4-6-10-15)19(25)21-16-11-7-8-12-16/h4-6,9-10,13-14,16,18H,3,7-8,11-12H2,1-2H3,(H,21,25)/t14-,18-/m1/s1. The SMILES string of the molecule is CC[C@@H](C)N(C(=O)c1csnn1)[C@@H](C(=O)NC1CCCC1)c1ccccc1. The van der Waals surface area contributed by atoms with Gasteiger partial charge in [-0.3, -0.25) is 9.59 Å². The minimum Gasteiger partial charge on any atom is -0.351 e. The Morgan fingerprint density at radius 3 is 2.56 bits per heavy atom. The van der Waals surface area contributed by atoms with Crippen molar-refractivity contribution in [3.05, 3.63) is 47.0 Å². The van der Waals surface area contributed by atoms with E-state index in [9.17, 15) is 9.59 Å². The Morgan fingerprint density at radius 2 is 1.96 bits per heavy atom. The first-order valence-electron chi connectivity index (χ1n) is 9.56. The van der Waals surface area contributed by atoms with Crippen LogP contribution in [0.1, 0.15) is 68.0 Å². The summed E-state index contributed by atoms with van der Waals surface area (Å²) >= 11 is 1.14. The van der Waals surface area contributed by atoms with Gasteiger partial charge in [-0.25, -0.2) is 0 Å². The Hall–Kier alpha value is -2.28. The average molecular weight is 387 g/mol. The van der Waals surface area contributed by atoms with E-state index in [1.54, 1.807) is 10.3 Å². The smallest absolute Gasteiger partial charge is 0.276 e. The van der Waals surface area contributed by atoms with Gasteiger partial charge in [0.05, 0.1) is 0 Å². The van der Waals surface area contributed by atoms with E-state index in [1.165, 1.54) is 0 Å². The molecular weight excluding hydrogens is 360 g/mol. The molecule has 1 aromatic carbocycles. The maximum Gasteiger partial charge on any atom is 0.276 e. The molecule has 1 aliphatic carbocycles. The Labute approximate surface area is 164 Å². The summed E-state index contributed by atoms with van der Waals surface area (Å²) in [5.41, 5.74) is 1.10. The third kappa shape index (κ3) is 4.53. The molecule has 1 heterocycles. The molecule has 0 bridgehead atoms. The van der Waals surface area contributed by atoms with Crippen molar-refractivity contribution in [3.63, 3.8) is 0 Å². The molecule has 7 heteroatoms. The van der Waals surface area contributed by atoms with Crippen molar-refractivity contribution in [3.8, 4) is 0 Å². The van der Waals surface area contributed by atoms with Gasteiger partial charge in [0.1, 0.15) is 6.04 Å². The summed E-state index contributed by atoms with van der Waals surface area (Å²) in [5, 5.41) is 8.74. The largest absolute Gasteiger partial charge is 0.351 e. The summed E-state index contributed by atoms with van der Waals surface area (Å²) in [5.74, 6) is -0.376. The molecule has 0 aliphatic heterocycles. The van der Waals surface area contributed by atoms with Gasteiger partial charge in [0.15, 0.2) is 5.69 Å². The Bertz CT molecular complexity index is 745. The molecule has 0 spiro atoms. The number of carbonyl (C=O) groups excluding carboxylic acids is 2. The highest BCUT2D eigenvalue weighted by Crippen LogP contribution is 2.28. The predicted molar refractivity (Wildman–Crippen MR) is 105 cm³/mol. The van der Waals surface area contributed by atoms with Gasteiger partial charge in [-0.2, -0.15) is 0 Å². The van der Waals surface area contributed by atoms with E-state index in [2.05, 4.69) is 14.9 Å². The molecule has 144 valence electrons. The molecule has 2 aromatic rings. The minimum absolute atomic E-state index is 0.112. The zero-order valence-corrected chi connectivity index (χ0v) is 16.6. The maximum atomic E-state index is 13.3. The van der Waals surface area contributed by atoms with E-state index in [4.69, 9.17) is 0 Å². The summed E-state index contributed by atoms with van der Waals surface area (Å²) < 4.78 is 3.81. The summed E-state index contributed by atoms with van der Waals surface area (Å²) in [4.78, 5) is 28.2. The molecule has 27 heavy (non-hydrogen) atoms. The number of hydrogen-bond donors (Lipinski definition) is 1. The zero-order valence-electron chi connectivity index (χ0n) is 15.8. The first kappa shape index (κ1) is 19.5. The van der Waals surface area contributed by atoms with E-state index in [0.717, 1.165) is 49.2 Å². The van der Waals surface area contributed by atoms with Gasteiger partial charge in [0.2, 0.25) is 5.91 Å². The minimum atomic E-state index is -0.684. The lowest BCUT2D eigenvalue weighted by Gasteiger charge is -2.35. The van der Waals surface area contributed by atoms with Crippen LogP contribution in [0.25, 0.3) is 0 Å². The van der Waals surface area contributed by atoms with E-state index in [-0.39, 0.29) is 29.6 Å². The van der Waals surface area contributed by atoms with Crippen LogP contribution in [0, 0.1) is 0 Å². The molecule has 0 saturated heterocycles. The molecule has 0 radical (unpaired) electrons. The second-order valence-electron chi connectivity index (χ2n) is 7.06. The van der Waals surface area contributed by atoms with Crippen LogP contribution in [0.4, 0.5) is 0 Å². The maximum absolute atomic E-state index is 13.3. The first-order chi connectivity index (χ1) is 13.1. The highest BCUT2D eigenvalue weighted by molar-refractivity contribution is 7.03. The van der Waals surface area contributed by atoms with Crippen molar-refractivity contribution in [1.82, 2.24) is 19.8 Å². The molecule has 1 aliphatic rings. The number of hydrogen-bond acceptors (Lipinski definition) is 5. The van der Waals surface area contributed by atoms with Crippen LogP contribution in [-0.4, -0.2) is 38.4 Å². The average Bonchev–Trinajstić information content (AvgIpc) is 3.39. The first-order valence-corrected chi connectivity index (χ1v) is 10.4. The quantitative estimate of drug-likeness (QED) is 0.789. The van der Waals surface area contributed by atoms with Gasteiger partial charge in [-0.15, -0.1) is 5.10 Å². The molecule has 1 fully saturated rings. The topological polar surface area (TPSA) is 75.2 Å². The lowest BCUT2D eigenvalue weighted by molar-refractivity contribution is -0.127. The van der Waals surface area contributed by atoms with Crippen molar-refractivity contribution in [2.75, 3.05) is 0 Å². The second-order valence-corrected chi connectivity index (χ2v) is 7.67. The Morgan fingerprint density at radius 1 is 1.26 bits per heavy atom. The number of benzene rings is 1. The van der Waals surface area contributed by atoms with Crippen LogP contribution in [0.3, 0.4) is 0 Å². The lowest BCUT2D eigenvalue weighted by Crippen LogP contribution is -2.49. The van der Waals surface area contributed by atoms with Crippen molar-refractivity contribution in [2.45, 2.75) is 64.1 Å². The van der Waals surface area contributed by atoms with E-state index >= 15 is 0 Å². The number of nitrogens with zero attached hydrogens (tertiary/aromatic N) is 3.